The van der Waals surface area contributed by atoms with Crippen molar-refractivity contribution in [1.29, 1.82) is 0 Å². The minimum absolute atomic E-state index is 0.00694. The normalized spacial score (nSPS) is 17.8. The minimum Gasteiger partial charge on any atom is -0.406 e. The molecule has 10 heteroatoms. The zero-order valence-corrected chi connectivity index (χ0v) is 16.9. The predicted octanol–water partition coefficient (Wildman–Crippen LogP) is 3.66. The van der Waals surface area contributed by atoms with Gasteiger partial charge in [0.1, 0.15) is 12.3 Å². The average Bonchev–Trinajstić information content (AvgIpc) is 3.07. The molecule has 0 radical (unpaired) electrons. The van der Waals surface area contributed by atoms with Crippen molar-refractivity contribution in [2.75, 3.05) is 24.5 Å². The van der Waals surface area contributed by atoms with Gasteiger partial charge in [-0.1, -0.05) is 18.2 Å². The van der Waals surface area contributed by atoms with Crippen LogP contribution in [0.5, 0.6) is 5.75 Å². The second kappa shape index (κ2) is 8.52. The number of alkyl halides is 3. The number of ether oxygens (including phenoxy) is 1. The highest BCUT2D eigenvalue weighted by atomic mass is 19.4. The van der Waals surface area contributed by atoms with E-state index in [4.69, 9.17) is 0 Å². The summed E-state index contributed by atoms with van der Waals surface area (Å²) in [6.07, 6.45) is -3.79. The lowest BCUT2D eigenvalue weighted by molar-refractivity contribution is -0.274. The third-order valence-electron chi connectivity index (χ3n) is 5.53. The van der Waals surface area contributed by atoms with Crippen molar-refractivity contribution < 1.29 is 32.3 Å². The highest BCUT2D eigenvalue weighted by molar-refractivity contribution is 6.19. The van der Waals surface area contributed by atoms with Crippen LogP contribution in [0.25, 0.3) is 0 Å². The van der Waals surface area contributed by atoms with Crippen molar-refractivity contribution in [3.05, 3.63) is 60.2 Å². The standard InChI is InChI=1S/C22H20F3N3O4/c23-22(24,25)32-18-8-6-15(7-9-18)20(30)26-12-10-16(11-13-26)27-14-19(29)28(21(27)31)17-4-2-1-3-5-17/h1-9,16H,10-14H2. The highest BCUT2D eigenvalue weighted by Gasteiger charge is 2.41. The maximum Gasteiger partial charge on any atom is 0.573 e. The second-order valence-electron chi connectivity index (χ2n) is 7.57. The third kappa shape index (κ3) is 4.53. The van der Waals surface area contributed by atoms with Crippen LogP contribution >= 0.6 is 0 Å². The van der Waals surface area contributed by atoms with Gasteiger partial charge in [-0.05, 0) is 49.2 Å². The maximum atomic E-state index is 12.8. The Labute approximate surface area is 182 Å². The van der Waals surface area contributed by atoms with Gasteiger partial charge in [0.15, 0.2) is 0 Å². The quantitative estimate of drug-likeness (QED) is 0.671. The van der Waals surface area contributed by atoms with Crippen LogP contribution in [-0.4, -0.2) is 59.7 Å². The number of benzene rings is 2. The lowest BCUT2D eigenvalue weighted by atomic mass is 10.0. The van der Waals surface area contributed by atoms with E-state index in [-0.39, 0.29) is 36.0 Å². The molecular weight excluding hydrogens is 427 g/mol. The number of urea groups is 1. The van der Waals surface area contributed by atoms with E-state index in [1.165, 1.54) is 17.0 Å². The van der Waals surface area contributed by atoms with Gasteiger partial charge in [-0.2, -0.15) is 0 Å². The van der Waals surface area contributed by atoms with Gasteiger partial charge in [-0.25, -0.2) is 9.69 Å². The summed E-state index contributed by atoms with van der Waals surface area (Å²) < 4.78 is 40.7. The first-order valence-electron chi connectivity index (χ1n) is 10.1. The molecule has 168 valence electrons. The third-order valence-corrected chi connectivity index (χ3v) is 5.53. The molecule has 2 heterocycles. The zero-order chi connectivity index (χ0) is 22.9. The Morgan fingerprint density at radius 1 is 0.938 bits per heavy atom. The van der Waals surface area contributed by atoms with Crippen molar-refractivity contribution >= 4 is 23.5 Å². The van der Waals surface area contributed by atoms with Gasteiger partial charge in [0, 0.05) is 24.7 Å². The molecule has 0 saturated carbocycles. The number of nitrogens with zero attached hydrogens (tertiary/aromatic N) is 3. The van der Waals surface area contributed by atoms with Crippen molar-refractivity contribution in [1.82, 2.24) is 9.80 Å². The first-order chi connectivity index (χ1) is 15.2. The molecule has 2 aromatic carbocycles. The van der Waals surface area contributed by atoms with Crippen molar-refractivity contribution in [2.24, 2.45) is 0 Å². The van der Waals surface area contributed by atoms with Crippen LogP contribution in [0, 0.1) is 0 Å². The summed E-state index contributed by atoms with van der Waals surface area (Å²) in [5, 5.41) is 0. The molecule has 0 unspecified atom stereocenters. The monoisotopic (exact) mass is 447 g/mol. The molecule has 2 aliphatic rings. The van der Waals surface area contributed by atoms with Crippen LogP contribution in [-0.2, 0) is 4.79 Å². The molecule has 2 aromatic rings. The number of halogens is 3. The van der Waals surface area contributed by atoms with Crippen LogP contribution < -0.4 is 9.64 Å². The van der Waals surface area contributed by atoms with Crippen LogP contribution in [0.4, 0.5) is 23.7 Å². The lowest BCUT2D eigenvalue weighted by Gasteiger charge is -2.36. The topological polar surface area (TPSA) is 70.2 Å². The van der Waals surface area contributed by atoms with Crippen molar-refractivity contribution in [2.45, 2.75) is 25.2 Å². The molecule has 0 N–H and O–H groups in total. The molecule has 0 aliphatic carbocycles. The van der Waals surface area contributed by atoms with Gasteiger partial charge in [0.05, 0.1) is 5.69 Å². The number of amides is 4. The molecule has 0 spiro atoms. The van der Waals surface area contributed by atoms with E-state index in [1.54, 1.807) is 40.1 Å². The number of likely N-dealkylation sites (tertiary alicyclic amines) is 1. The van der Waals surface area contributed by atoms with E-state index >= 15 is 0 Å². The molecule has 2 aliphatic heterocycles. The SMILES string of the molecule is O=C(c1ccc(OC(F)(F)F)cc1)N1CCC(N2CC(=O)N(c3ccccc3)C2=O)CC1. The number of carbonyl (C=O) groups excluding carboxylic acids is 3. The molecule has 4 amide bonds. The van der Waals surface area contributed by atoms with Crippen LogP contribution in [0.1, 0.15) is 23.2 Å². The van der Waals surface area contributed by atoms with E-state index in [1.807, 2.05) is 0 Å². The number of hydrogen-bond donors (Lipinski definition) is 0. The van der Waals surface area contributed by atoms with E-state index in [2.05, 4.69) is 4.74 Å². The first-order valence-corrected chi connectivity index (χ1v) is 10.1. The fraction of sp³-hybridized carbons (Fsp3) is 0.318. The maximum absolute atomic E-state index is 12.8. The van der Waals surface area contributed by atoms with Gasteiger partial charge in [0.2, 0.25) is 0 Å². The van der Waals surface area contributed by atoms with Crippen LogP contribution in [0.15, 0.2) is 54.6 Å². The van der Waals surface area contributed by atoms with E-state index < -0.39 is 12.1 Å². The summed E-state index contributed by atoms with van der Waals surface area (Å²) in [4.78, 5) is 42.3. The van der Waals surface area contributed by atoms with E-state index in [0.29, 0.717) is 31.6 Å². The Morgan fingerprint density at radius 3 is 2.16 bits per heavy atom. The summed E-state index contributed by atoms with van der Waals surface area (Å²) in [7, 11) is 0. The summed E-state index contributed by atoms with van der Waals surface area (Å²) in [6, 6.07) is 12.9. The van der Waals surface area contributed by atoms with Crippen LogP contribution in [0.3, 0.4) is 0 Å². The molecule has 0 bridgehead atoms. The molecule has 4 rings (SSSR count). The van der Waals surface area contributed by atoms with Crippen molar-refractivity contribution in [3.8, 4) is 5.75 Å². The molecule has 7 nitrogen and oxygen atoms in total. The molecule has 2 fully saturated rings. The number of anilines is 1. The largest absolute Gasteiger partial charge is 0.573 e. The smallest absolute Gasteiger partial charge is 0.406 e. The summed E-state index contributed by atoms with van der Waals surface area (Å²) >= 11 is 0. The number of rotatable bonds is 4. The van der Waals surface area contributed by atoms with Gasteiger partial charge in [-0.3, -0.25) is 9.59 Å². The fourth-order valence-corrected chi connectivity index (χ4v) is 4.00. The number of carbonyl (C=O) groups is 3. The fourth-order valence-electron chi connectivity index (χ4n) is 4.00. The Balaban J connectivity index is 1.35. The summed E-state index contributed by atoms with van der Waals surface area (Å²) in [6.45, 7) is 0.730. The number of hydrogen-bond acceptors (Lipinski definition) is 4. The van der Waals surface area contributed by atoms with Crippen LogP contribution in [0.2, 0.25) is 0 Å². The second-order valence-corrected chi connectivity index (χ2v) is 7.57. The van der Waals surface area contributed by atoms with Gasteiger partial charge >= 0.3 is 12.4 Å². The molecule has 2 saturated heterocycles. The highest BCUT2D eigenvalue weighted by Crippen LogP contribution is 2.27. The average molecular weight is 447 g/mol. The molecule has 32 heavy (non-hydrogen) atoms. The molecule has 0 atom stereocenters. The number of piperidine rings is 1. The van der Waals surface area contributed by atoms with Gasteiger partial charge in [0.25, 0.3) is 11.8 Å². The predicted molar refractivity (Wildman–Crippen MR) is 108 cm³/mol. The first kappa shape index (κ1) is 21.7. The summed E-state index contributed by atoms with van der Waals surface area (Å²) in [5.41, 5.74) is 0.774. The van der Waals surface area contributed by atoms with Crippen molar-refractivity contribution in [3.63, 3.8) is 0 Å². The van der Waals surface area contributed by atoms with Gasteiger partial charge in [-0.15, -0.1) is 13.2 Å². The number of imide groups is 1. The van der Waals surface area contributed by atoms with E-state index in [0.717, 1.165) is 12.1 Å². The van der Waals surface area contributed by atoms with E-state index in [9.17, 15) is 27.6 Å². The van der Waals surface area contributed by atoms with Gasteiger partial charge < -0.3 is 14.5 Å². The zero-order valence-electron chi connectivity index (χ0n) is 16.9. The Hall–Kier alpha value is -3.56. The Kier molecular flexibility index (Phi) is 5.77. The minimum atomic E-state index is -4.79. The number of para-hydroxylation sites is 1. The summed E-state index contributed by atoms with van der Waals surface area (Å²) in [5.74, 6) is -0.995. The lowest BCUT2D eigenvalue weighted by Crippen LogP contribution is -2.48. The Bertz CT molecular complexity index is 1000. The molecular formula is C22H20F3N3O4. The Morgan fingerprint density at radius 2 is 1.56 bits per heavy atom. The molecule has 0 aromatic heterocycles.